The molecule has 2 aromatic heterocycles. The fourth-order valence-corrected chi connectivity index (χ4v) is 4.49. The number of hydrogen-bond donors (Lipinski definition) is 1. The number of fused-ring (bicyclic) bond motifs is 3. The molecule has 0 radical (unpaired) electrons. The molecule has 126 valence electrons. The number of hydrogen-bond acceptors (Lipinski definition) is 4. The summed E-state index contributed by atoms with van der Waals surface area (Å²) in [4.78, 5) is 27.6. The molecule has 0 aromatic carbocycles. The molecule has 0 fully saturated rings. The molecule has 23 heavy (non-hydrogen) atoms. The van der Waals surface area contributed by atoms with Gasteiger partial charge in [0.15, 0.2) is 0 Å². The fourth-order valence-electron chi connectivity index (χ4n) is 2.99. The minimum absolute atomic E-state index is 0.198. The van der Waals surface area contributed by atoms with E-state index in [0.29, 0.717) is 17.9 Å². The van der Waals surface area contributed by atoms with Crippen LogP contribution in [-0.2, 0) is 31.4 Å². The van der Waals surface area contributed by atoms with Crippen molar-refractivity contribution in [1.82, 2.24) is 9.13 Å². The molecular formula is C16H24N3O3S+. The quantitative estimate of drug-likeness (QED) is 0.840. The van der Waals surface area contributed by atoms with Crippen LogP contribution in [0.1, 0.15) is 24.3 Å². The van der Waals surface area contributed by atoms with Crippen LogP contribution in [0, 0.1) is 0 Å². The molecule has 6 nitrogen and oxygen atoms in total. The SMILES string of the molecule is Cn1c(=O)c2sc3c(c2n(CC[NH+](C)C)c1=O)COC(C)(C)C3. The van der Waals surface area contributed by atoms with Crippen molar-refractivity contribution in [3.05, 3.63) is 31.3 Å². The Morgan fingerprint density at radius 1 is 1.30 bits per heavy atom. The van der Waals surface area contributed by atoms with Gasteiger partial charge < -0.3 is 9.64 Å². The third-order valence-electron chi connectivity index (χ3n) is 4.38. The van der Waals surface area contributed by atoms with Gasteiger partial charge in [-0.15, -0.1) is 11.3 Å². The largest absolute Gasteiger partial charge is 0.370 e. The first-order chi connectivity index (χ1) is 10.7. The molecular weight excluding hydrogens is 314 g/mol. The lowest BCUT2D eigenvalue weighted by Gasteiger charge is -2.30. The molecule has 7 heteroatoms. The second kappa shape index (κ2) is 5.58. The van der Waals surface area contributed by atoms with Gasteiger partial charge in [0.1, 0.15) is 4.70 Å². The number of rotatable bonds is 3. The zero-order chi connectivity index (χ0) is 16.9. The van der Waals surface area contributed by atoms with Crippen LogP contribution in [-0.4, -0.2) is 35.4 Å². The number of nitrogens with zero attached hydrogens (tertiary/aromatic N) is 2. The van der Waals surface area contributed by atoms with E-state index in [1.807, 2.05) is 0 Å². The van der Waals surface area contributed by atoms with E-state index in [4.69, 9.17) is 4.74 Å². The van der Waals surface area contributed by atoms with E-state index in [-0.39, 0.29) is 16.9 Å². The Bertz CT molecular complexity index is 873. The van der Waals surface area contributed by atoms with Crippen molar-refractivity contribution in [1.29, 1.82) is 0 Å². The van der Waals surface area contributed by atoms with Gasteiger partial charge in [-0.2, -0.15) is 0 Å². The molecule has 0 saturated carbocycles. The normalized spacial score (nSPS) is 17.0. The van der Waals surface area contributed by atoms with Gasteiger partial charge in [-0.3, -0.25) is 13.9 Å². The Hall–Kier alpha value is -1.44. The van der Waals surface area contributed by atoms with Crippen molar-refractivity contribution >= 4 is 21.6 Å². The summed E-state index contributed by atoms with van der Waals surface area (Å²) in [6.45, 7) is 5.99. The van der Waals surface area contributed by atoms with E-state index in [9.17, 15) is 9.59 Å². The van der Waals surface area contributed by atoms with E-state index in [1.54, 1.807) is 11.6 Å². The molecule has 0 spiro atoms. The summed E-state index contributed by atoms with van der Waals surface area (Å²) in [5.74, 6) is 0. The minimum Gasteiger partial charge on any atom is -0.370 e. The van der Waals surface area contributed by atoms with E-state index in [2.05, 4.69) is 27.9 Å². The lowest BCUT2D eigenvalue weighted by molar-refractivity contribution is -0.858. The Kier molecular flexibility index (Phi) is 3.98. The van der Waals surface area contributed by atoms with Crippen molar-refractivity contribution in [3.63, 3.8) is 0 Å². The molecule has 0 aliphatic carbocycles. The average Bonchev–Trinajstić information content (AvgIpc) is 2.81. The maximum atomic E-state index is 12.6. The van der Waals surface area contributed by atoms with E-state index >= 15 is 0 Å². The number of ether oxygens (including phenoxy) is 1. The summed E-state index contributed by atoms with van der Waals surface area (Å²) in [6.07, 6.45) is 0.776. The summed E-state index contributed by atoms with van der Waals surface area (Å²) < 4.78 is 9.57. The van der Waals surface area contributed by atoms with E-state index in [0.717, 1.165) is 24.0 Å². The summed E-state index contributed by atoms with van der Waals surface area (Å²) >= 11 is 1.52. The van der Waals surface area contributed by atoms with Crippen LogP contribution < -0.4 is 16.1 Å². The van der Waals surface area contributed by atoms with Crippen LogP contribution in [0.4, 0.5) is 0 Å². The lowest BCUT2D eigenvalue weighted by atomic mass is 9.98. The van der Waals surface area contributed by atoms with Gasteiger partial charge in [-0.1, -0.05) is 0 Å². The Morgan fingerprint density at radius 3 is 2.65 bits per heavy atom. The number of thiophene rings is 1. The summed E-state index contributed by atoms with van der Waals surface area (Å²) in [6, 6.07) is 0. The molecule has 0 unspecified atom stereocenters. The van der Waals surface area contributed by atoms with Crippen molar-refractivity contribution in [2.24, 2.45) is 7.05 Å². The molecule has 1 aliphatic heterocycles. The molecule has 2 aromatic rings. The monoisotopic (exact) mass is 338 g/mol. The van der Waals surface area contributed by atoms with Gasteiger partial charge in [0, 0.05) is 23.9 Å². The third-order valence-corrected chi connectivity index (χ3v) is 5.59. The zero-order valence-electron chi connectivity index (χ0n) is 14.4. The maximum Gasteiger partial charge on any atom is 0.331 e. The molecule has 0 saturated heterocycles. The van der Waals surface area contributed by atoms with Gasteiger partial charge in [-0.05, 0) is 13.8 Å². The highest BCUT2D eigenvalue weighted by atomic mass is 32.1. The van der Waals surface area contributed by atoms with Gasteiger partial charge in [0.2, 0.25) is 0 Å². The molecule has 3 rings (SSSR count). The topological polar surface area (TPSA) is 57.7 Å². The minimum atomic E-state index is -0.241. The molecule has 1 N–H and O–H groups in total. The summed E-state index contributed by atoms with van der Waals surface area (Å²) in [7, 11) is 5.67. The predicted molar refractivity (Wildman–Crippen MR) is 91.6 cm³/mol. The maximum absolute atomic E-state index is 12.6. The number of likely N-dealkylation sites (N-methyl/N-ethyl adjacent to an activating group) is 1. The average molecular weight is 338 g/mol. The molecule has 3 heterocycles. The van der Waals surface area contributed by atoms with Gasteiger partial charge >= 0.3 is 5.69 Å². The van der Waals surface area contributed by atoms with Gasteiger partial charge in [0.05, 0.1) is 44.9 Å². The lowest BCUT2D eigenvalue weighted by Crippen LogP contribution is -3.06. The molecule has 1 aliphatic rings. The van der Waals surface area contributed by atoms with Crippen LogP contribution in [0.5, 0.6) is 0 Å². The van der Waals surface area contributed by atoms with Crippen LogP contribution in [0.3, 0.4) is 0 Å². The first-order valence-electron chi connectivity index (χ1n) is 7.88. The standard InChI is InChI=1S/C16H23N3O3S/c1-16(2)8-11-10(9-22-16)12-13(23-11)14(20)18(5)15(21)19(12)7-6-17(3)4/h6-9H2,1-5H3/p+1. The predicted octanol–water partition coefficient (Wildman–Crippen LogP) is -0.242. The highest BCUT2D eigenvalue weighted by molar-refractivity contribution is 7.19. The Balaban J connectivity index is 2.27. The Labute approximate surface area is 138 Å². The Morgan fingerprint density at radius 2 is 2.00 bits per heavy atom. The van der Waals surface area contributed by atoms with E-state index in [1.165, 1.54) is 25.7 Å². The van der Waals surface area contributed by atoms with Crippen molar-refractivity contribution < 1.29 is 9.64 Å². The second-order valence-corrected chi connectivity index (χ2v) is 8.27. The smallest absolute Gasteiger partial charge is 0.331 e. The number of aromatic nitrogens is 2. The molecule has 0 bridgehead atoms. The third kappa shape index (κ3) is 2.77. The van der Waals surface area contributed by atoms with Crippen LogP contribution in [0.15, 0.2) is 9.59 Å². The van der Waals surface area contributed by atoms with Crippen LogP contribution >= 0.6 is 11.3 Å². The van der Waals surface area contributed by atoms with Crippen LogP contribution in [0.25, 0.3) is 10.2 Å². The second-order valence-electron chi connectivity index (χ2n) is 7.16. The summed E-state index contributed by atoms with van der Waals surface area (Å²) in [5.41, 5.74) is 1.14. The number of nitrogens with one attached hydrogen (secondary N) is 1. The highest BCUT2D eigenvalue weighted by Gasteiger charge is 2.31. The van der Waals surface area contributed by atoms with Gasteiger partial charge in [-0.25, -0.2) is 4.79 Å². The summed E-state index contributed by atoms with van der Waals surface area (Å²) in [5, 5.41) is 0. The molecule has 0 atom stereocenters. The van der Waals surface area contributed by atoms with Crippen molar-refractivity contribution in [2.75, 3.05) is 20.6 Å². The number of quaternary nitrogens is 1. The van der Waals surface area contributed by atoms with Crippen LogP contribution in [0.2, 0.25) is 0 Å². The zero-order valence-corrected chi connectivity index (χ0v) is 15.2. The first-order valence-corrected chi connectivity index (χ1v) is 8.70. The molecule has 0 amide bonds. The van der Waals surface area contributed by atoms with E-state index < -0.39 is 0 Å². The highest BCUT2D eigenvalue weighted by Crippen LogP contribution is 2.37. The van der Waals surface area contributed by atoms with Crippen molar-refractivity contribution in [3.8, 4) is 0 Å². The fraction of sp³-hybridized carbons (Fsp3) is 0.625. The van der Waals surface area contributed by atoms with Crippen molar-refractivity contribution in [2.45, 2.75) is 39.0 Å². The first kappa shape index (κ1) is 16.4. The van der Waals surface area contributed by atoms with Gasteiger partial charge in [0.25, 0.3) is 5.56 Å².